The zero-order chi connectivity index (χ0) is 20.1. The van der Waals surface area contributed by atoms with Crippen molar-refractivity contribution in [3.63, 3.8) is 0 Å². The molecule has 0 fully saturated rings. The van der Waals surface area contributed by atoms with Gasteiger partial charge in [-0.05, 0) is 23.8 Å². The van der Waals surface area contributed by atoms with E-state index in [-0.39, 0.29) is 38.2 Å². The molecule has 0 aliphatic carbocycles. The Morgan fingerprint density at radius 2 is 1.43 bits per heavy atom. The van der Waals surface area contributed by atoms with Crippen molar-refractivity contribution in [2.24, 2.45) is 0 Å². The lowest BCUT2D eigenvalue weighted by molar-refractivity contribution is -0.143. The minimum Gasteiger partial charge on any atom is -0.492 e. The van der Waals surface area contributed by atoms with Gasteiger partial charge in [0.15, 0.2) is 0 Å². The summed E-state index contributed by atoms with van der Waals surface area (Å²) >= 11 is 0. The van der Waals surface area contributed by atoms with Crippen LogP contribution < -0.4 is 10.1 Å². The van der Waals surface area contributed by atoms with Crippen molar-refractivity contribution in [2.75, 3.05) is 19.8 Å². The summed E-state index contributed by atoms with van der Waals surface area (Å²) in [6.07, 6.45) is -9.87. The lowest BCUT2D eigenvalue weighted by atomic mass is 10.1. The molecule has 28 heavy (non-hydrogen) atoms. The van der Waals surface area contributed by atoms with Gasteiger partial charge in [-0.3, -0.25) is 0 Å². The van der Waals surface area contributed by atoms with Crippen molar-refractivity contribution in [2.45, 2.75) is 18.4 Å². The number of hydrogen-bond donors (Lipinski definition) is 2. The van der Waals surface area contributed by atoms with Crippen LogP contribution in [0.15, 0.2) is 48.5 Å². The van der Waals surface area contributed by atoms with Crippen molar-refractivity contribution >= 4 is 12.4 Å². The second-order valence-electron chi connectivity index (χ2n) is 5.69. The number of aliphatic hydroxyl groups excluding tert-OH is 1. The summed E-state index contributed by atoms with van der Waals surface area (Å²) in [6, 6.07) is 9.26. The highest BCUT2D eigenvalue weighted by molar-refractivity contribution is 5.85. The maximum Gasteiger partial charge on any atom is 0.416 e. The van der Waals surface area contributed by atoms with Crippen LogP contribution in [0.2, 0.25) is 0 Å². The molecule has 0 aromatic heterocycles. The Morgan fingerprint density at radius 1 is 0.893 bits per heavy atom. The van der Waals surface area contributed by atoms with Gasteiger partial charge >= 0.3 is 12.4 Å². The highest BCUT2D eigenvalue weighted by Crippen LogP contribution is 2.38. The molecule has 1 atom stereocenters. The van der Waals surface area contributed by atoms with Crippen molar-refractivity contribution in [3.05, 3.63) is 65.2 Å². The highest BCUT2D eigenvalue weighted by Gasteiger charge is 2.37. The Kier molecular flexibility index (Phi) is 8.59. The first-order valence-electron chi connectivity index (χ1n) is 7.92. The normalized spacial score (nSPS) is 13.0. The van der Waals surface area contributed by atoms with E-state index in [2.05, 4.69) is 5.32 Å². The maximum atomic E-state index is 12.9. The summed E-state index contributed by atoms with van der Waals surface area (Å²) in [6.45, 7) is -0.229. The van der Waals surface area contributed by atoms with E-state index in [1.165, 1.54) is 0 Å². The van der Waals surface area contributed by atoms with Crippen molar-refractivity contribution in [1.29, 1.82) is 0 Å². The number of rotatable bonds is 7. The van der Waals surface area contributed by atoms with E-state index >= 15 is 0 Å². The van der Waals surface area contributed by atoms with Gasteiger partial charge in [0.1, 0.15) is 12.4 Å². The average molecular weight is 430 g/mol. The van der Waals surface area contributed by atoms with E-state index < -0.39 is 35.3 Å². The van der Waals surface area contributed by atoms with E-state index in [1.54, 1.807) is 30.3 Å². The number of halogens is 7. The van der Waals surface area contributed by atoms with Crippen LogP contribution in [0.1, 0.15) is 22.7 Å². The van der Waals surface area contributed by atoms with E-state index in [0.717, 1.165) is 0 Å². The summed E-state index contributed by atoms with van der Waals surface area (Å²) in [5.74, 6) is -0.538. The molecule has 0 spiro atoms. The average Bonchev–Trinajstić information content (AvgIpc) is 2.61. The van der Waals surface area contributed by atoms with E-state index in [9.17, 15) is 26.3 Å². The molecule has 0 aliphatic heterocycles. The van der Waals surface area contributed by atoms with Gasteiger partial charge in [0.05, 0.1) is 23.8 Å². The molecule has 0 saturated carbocycles. The molecule has 0 amide bonds. The van der Waals surface area contributed by atoms with Gasteiger partial charge in [-0.15, -0.1) is 12.4 Å². The Labute approximate surface area is 163 Å². The number of benzene rings is 2. The SMILES string of the molecule is Cl.OCCNC(COc1cc(C(F)(F)F)cc(C(F)(F)F)c1)c1ccccc1. The molecule has 0 saturated heterocycles. The monoisotopic (exact) mass is 429 g/mol. The van der Waals surface area contributed by atoms with Crippen LogP contribution in [0.5, 0.6) is 5.75 Å². The molecule has 156 valence electrons. The first-order chi connectivity index (χ1) is 12.6. The van der Waals surface area contributed by atoms with E-state index in [0.29, 0.717) is 17.7 Å². The summed E-state index contributed by atoms with van der Waals surface area (Å²) < 4.78 is 82.7. The fourth-order valence-electron chi connectivity index (χ4n) is 2.39. The summed E-state index contributed by atoms with van der Waals surface area (Å²) in [7, 11) is 0. The van der Waals surface area contributed by atoms with Crippen LogP contribution in [0.25, 0.3) is 0 Å². The molecule has 0 radical (unpaired) electrons. The largest absolute Gasteiger partial charge is 0.492 e. The second-order valence-corrected chi connectivity index (χ2v) is 5.69. The second kappa shape index (κ2) is 9.99. The minimum absolute atomic E-state index is 0. The molecule has 2 aromatic carbocycles. The number of ether oxygens (including phenoxy) is 1. The van der Waals surface area contributed by atoms with Gasteiger partial charge in [-0.1, -0.05) is 30.3 Å². The molecule has 0 aliphatic rings. The molecule has 2 N–H and O–H groups in total. The van der Waals surface area contributed by atoms with Gasteiger partial charge in [0.25, 0.3) is 0 Å². The van der Waals surface area contributed by atoms with Gasteiger partial charge in [0, 0.05) is 6.54 Å². The summed E-state index contributed by atoms with van der Waals surface area (Å²) in [4.78, 5) is 0. The molecule has 0 heterocycles. The first-order valence-corrected chi connectivity index (χ1v) is 7.92. The maximum absolute atomic E-state index is 12.9. The van der Waals surface area contributed by atoms with Crippen molar-refractivity contribution < 1.29 is 36.2 Å². The fraction of sp³-hybridized carbons (Fsp3) is 0.333. The van der Waals surface area contributed by atoms with Crippen LogP contribution in [-0.2, 0) is 12.4 Å². The van der Waals surface area contributed by atoms with Crippen LogP contribution in [0.4, 0.5) is 26.3 Å². The molecule has 1 unspecified atom stereocenters. The predicted molar refractivity (Wildman–Crippen MR) is 93.5 cm³/mol. The molecular formula is C18H18ClF6NO2. The fourth-order valence-corrected chi connectivity index (χ4v) is 2.39. The molecular weight excluding hydrogens is 412 g/mol. The van der Waals surface area contributed by atoms with E-state index in [4.69, 9.17) is 9.84 Å². The molecule has 2 aromatic rings. The van der Waals surface area contributed by atoms with Gasteiger partial charge in [-0.25, -0.2) is 0 Å². The number of aliphatic hydroxyl groups is 1. The third-order valence-corrected chi connectivity index (χ3v) is 3.68. The topological polar surface area (TPSA) is 41.5 Å². The smallest absolute Gasteiger partial charge is 0.416 e. The van der Waals surface area contributed by atoms with Crippen LogP contribution in [0, 0.1) is 0 Å². The number of nitrogens with one attached hydrogen (secondary N) is 1. The Balaban J connectivity index is 0.00000392. The Hall–Kier alpha value is -1.97. The zero-order valence-corrected chi connectivity index (χ0v) is 15.2. The lowest BCUT2D eigenvalue weighted by Gasteiger charge is -2.20. The lowest BCUT2D eigenvalue weighted by Crippen LogP contribution is -2.29. The third-order valence-electron chi connectivity index (χ3n) is 3.68. The third kappa shape index (κ3) is 6.88. The standard InChI is InChI=1S/C18H17F6NO2.ClH/c19-17(20,21)13-8-14(18(22,23)24)10-15(9-13)27-11-16(25-6-7-26)12-4-2-1-3-5-12;/h1-5,8-10,16,25-26H,6-7,11H2;1H. The molecule has 0 bridgehead atoms. The van der Waals surface area contributed by atoms with Crippen LogP contribution in [-0.4, -0.2) is 24.9 Å². The first kappa shape index (κ1) is 24.1. The van der Waals surface area contributed by atoms with Gasteiger partial charge in [0.2, 0.25) is 0 Å². The Bertz CT molecular complexity index is 705. The number of hydrogen-bond acceptors (Lipinski definition) is 3. The molecule has 2 rings (SSSR count). The highest BCUT2D eigenvalue weighted by atomic mass is 35.5. The van der Waals surface area contributed by atoms with E-state index in [1.807, 2.05) is 0 Å². The molecule has 3 nitrogen and oxygen atoms in total. The summed E-state index contributed by atoms with van der Waals surface area (Å²) in [5.41, 5.74) is -2.16. The summed E-state index contributed by atoms with van der Waals surface area (Å²) in [5, 5.41) is 11.9. The minimum atomic E-state index is -4.94. The van der Waals surface area contributed by atoms with Crippen molar-refractivity contribution in [1.82, 2.24) is 5.32 Å². The quantitative estimate of drug-likeness (QED) is 0.618. The van der Waals surface area contributed by atoms with Crippen LogP contribution >= 0.6 is 12.4 Å². The van der Waals surface area contributed by atoms with Gasteiger partial charge in [-0.2, -0.15) is 26.3 Å². The van der Waals surface area contributed by atoms with Gasteiger partial charge < -0.3 is 15.2 Å². The molecule has 10 heteroatoms. The van der Waals surface area contributed by atoms with Crippen LogP contribution in [0.3, 0.4) is 0 Å². The Morgan fingerprint density at radius 3 is 1.89 bits per heavy atom. The predicted octanol–water partition coefficient (Wildman–Crippen LogP) is 4.85. The van der Waals surface area contributed by atoms with Crippen molar-refractivity contribution in [3.8, 4) is 5.75 Å². The number of alkyl halides is 6. The zero-order valence-electron chi connectivity index (χ0n) is 14.3.